The number of thioether (sulfide) groups is 1. The van der Waals surface area contributed by atoms with E-state index in [2.05, 4.69) is 27.6 Å². The van der Waals surface area contributed by atoms with Crippen molar-refractivity contribution in [3.05, 3.63) is 96.2 Å². The van der Waals surface area contributed by atoms with Crippen LogP contribution in [0, 0.1) is 19.5 Å². The Kier molecular flexibility index (Phi) is 8.44. The largest absolute Gasteiger partial charge is 0.493 e. The molecule has 0 bridgehead atoms. The highest BCUT2D eigenvalue weighted by Gasteiger charge is 2.32. The number of benzene rings is 3. The molecule has 1 saturated heterocycles. The number of nitro benzene ring substituents is 1. The SMILES string of the molecule is CCN1C(=O)/C(=C\c2cc(I)c(OCc3ccc([N+](=O)[O-])cc3)c(OC)c2)SC1=Nc1ccc(F)cc1. The summed E-state index contributed by atoms with van der Waals surface area (Å²) in [4.78, 5) is 30.0. The molecule has 3 aromatic rings. The number of nitrogens with zero attached hydrogens (tertiary/aromatic N) is 3. The number of likely N-dealkylation sites (N-methyl/N-ethyl adjacent to an activating group) is 1. The van der Waals surface area contributed by atoms with Gasteiger partial charge in [-0.15, -0.1) is 0 Å². The molecule has 0 unspecified atom stereocenters. The van der Waals surface area contributed by atoms with E-state index in [-0.39, 0.29) is 24.0 Å². The van der Waals surface area contributed by atoms with Crippen LogP contribution in [0.1, 0.15) is 18.1 Å². The van der Waals surface area contributed by atoms with Crippen molar-refractivity contribution in [1.82, 2.24) is 4.90 Å². The van der Waals surface area contributed by atoms with Crippen molar-refractivity contribution in [1.29, 1.82) is 0 Å². The van der Waals surface area contributed by atoms with Crippen molar-refractivity contribution in [2.24, 2.45) is 4.99 Å². The lowest BCUT2D eigenvalue weighted by atomic mass is 10.1. The van der Waals surface area contributed by atoms with Crippen LogP contribution in [0.4, 0.5) is 15.8 Å². The van der Waals surface area contributed by atoms with Crippen LogP contribution in [0.15, 0.2) is 70.6 Å². The molecule has 3 aromatic carbocycles. The van der Waals surface area contributed by atoms with Crippen molar-refractivity contribution < 1.29 is 23.6 Å². The van der Waals surface area contributed by atoms with Gasteiger partial charge in [0.1, 0.15) is 12.4 Å². The Bertz CT molecular complexity index is 1390. The number of nitro groups is 1. The fraction of sp³-hybridized carbons (Fsp3) is 0.154. The Balaban J connectivity index is 1.56. The zero-order valence-electron chi connectivity index (χ0n) is 19.8. The fourth-order valence-corrected chi connectivity index (χ4v) is 5.32. The van der Waals surface area contributed by atoms with Crippen LogP contribution in [0.25, 0.3) is 6.08 Å². The van der Waals surface area contributed by atoms with Crippen molar-refractivity contribution in [3.63, 3.8) is 0 Å². The third-order valence-electron chi connectivity index (χ3n) is 5.34. The molecule has 0 spiro atoms. The van der Waals surface area contributed by atoms with Gasteiger partial charge in [0.2, 0.25) is 0 Å². The second-order valence-corrected chi connectivity index (χ2v) is 9.95. The molecule has 1 heterocycles. The van der Waals surface area contributed by atoms with E-state index in [0.717, 1.165) is 14.7 Å². The summed E-state index contributed by atoms with van der Waals surface area (Å²) in [6.45, 7) is 2.51. The predicted octanol–water partition coefficient (Wildman–Crippen LogP) is 6.55. The number of carbonyl (C=O) groups excluding carboxylic acids is 1. The summed E-state index contributed by atoms with van der Waals surface area (Å²) in [6.07, 6.45) is 1.77. The zero-order chi connectivity index (χ0) is 26.5. The van der Waals surface area contributed by atoms with Gasteiger partial charge in [-0.1, -0.05) is 0 Å². The van der Waals surface area contributed by atoms with Gasteiger partial charge < -0.3 is 9.47 Å². The first-order chi connectivity index (χ1) is 17.8. The van der Waals surface area contributed by atoms with E-state index in [0.29, 0.717) is 33.8 Å². The number of amidine groups is 1. The van der Waals surface area contributed by atoms with Gasteiger partial charge in [0.25, 0.3) is 11.6 Å². The highest BCUT2D eigenvalue weighted by atomic mass is 127. The molecule has 0 atom stereocenters. The van der Waals surface area contributed by atoms with E-state index in [4.69, 9.17) is 9.47 Å². The number of ether oxygens (including phenoxy) is 2. The molecule has 8 nitrogen and oxygen atoms in total. The molecule has 11 heteroatoms. The summed E-state index contributed by atoms with van der Waals surface area (Å²) in [7, 11) is 1.53. The standard InChI is InChI=1S/C26H21FIN3O5S/c1-3-30-25(32)23(37-26(30)29-19-8-6-18(27)7-9-19)14-17-12-21(28)24(22(13-17)35-2)36-15-16-4-10-20(11-5-16)31(33)34/h4-14H,3,15H2,1-2H3/b23-14+,29-26?. The lowest BCUT2D eigenvalue weighted by molar-refractivity contribution is -0.384. The first-order valence-electron chi connectivity index (χ1n) is 11.1. The molecule has 0 N–H and O–H groups in total. The lowest BCUT2D eigenvalue weighted by Gasteiger charge is -2.14. The number of non-ortho nitro benzene ring substituents is 1. The third kappa shape index (κ3) is 6.28. The van der Waals surface area contributed by atoms with Crippen molar-refractivity contribution in [2.45, 2.75) is 13.5 Å². The van der Waals surface area contributed by atoms with Crippen LogP contribution in [0.2, 0.25) is 0 Å². The summed E-state index contributed by atoms with van der Waals surface area (Å²) in [5.41, 5.74) is 2.09. The zero-order valence-corrected chi connectivity index (χ0v) is 22.8. The summed E-state index contributed by atoms with van der Waals surface area (Å²) in [5.74, 6) is 0.503. The molecular formula is C26H21FIN3O5S. The number of amides is 1. The van der Waals surface area contributed by atoms with Crippen LogP contribution in [0.3, 0.4) is 0 Å². The Morgan fingerprint density at radius 3 is 2.49 bits per heavy atom. The number of carbonyl (C=O) groups is 1. The van der Waals surface area contributed by atoms with E-state index in [9.17, 15) is 19.3 Å². The van der Waals surface area contributed by atoms with Crippen molar-refractivity contribution >= 4 is 62.9 Å². The van der Waals surface area contributed by atoms with Crippen LogP contribution < -0.4 is 9.47 Å². The van der Waals surface area contributed by atoms with E-state index in [1.165, 1.54) is 43.1 Å². The van der Waals surface area contributed by atoms with E-state index < -0.39 is 4.92 Å². The first-order valence-corrected chi connectivity index (χ1v) is 13.0. The van der Waals surface area contributed by atoms with Gasteiger partial charge in [-0.25, -0.2) is 9.38 Å². The van der Waals surface area contributed by atoms with Gasteiger partial charge in [0, 0.05) is 18.7 Å². The highest BCUT2D eigenvalue weighted by Crippen LogP contribution is 2.38. The normalized spacial score (nSPS) is 15.5. The number of rotatable bonds is 8. The van der Waals surface area contributed by atoms with Gasteiger partial charge in [-0.2, -0.15) is 0 Å². The Morgan fingerprint density at radius 1 is 1.16 bits per heavy atom. The number of hydrogen-bond acceptors (Lipinski definition) is 7. The molecule has 0 saturated carbocycles. The van der Waals surface area contributed by atoms with Crippen LogP contribution in [-0.2, 0) is 11.4 Å². The van der Waals surface area contributed by atoms with Crippen LogP contribution in [-0.4, -0.2) is 34.6 Å². The topological polar surface area (TPSA) is 94.3 Å². The maximum atomic E-state index is 13.2. The predicted molar refractivity (Wildman–Crippen MR) is 150 cm³/mol. The van der Waals surface area contributed by atoms with Crippen molar-refractivity contribution in [3.8, 4) is 11.5 Å². The number of halogens is 2. The minimum Gasteiger partial charge on any atom is -0.493 e. The van der Waals surface area contributed by atoms with Crippen LogP contribution >= 0.6 is 34.4 Å². The minimum atomic E-state index is -0.450. The second-order valence-electron chi connectivity index (χ2n) is 7.78. The smallest absolute Gasteiger partial charge is 0.269 e. The number of hydrogen-bond donors (Lipinski definition) is 0. The molecule has 37 heavy (non-hydrogen) atoms. The molecule has 4 rings (SSSR count). The Hall–Kier alpha value is -3.45. The van der Waals surface area contributed by atoms with Gasteiger partial charge >= 0.3 is 0 Å². The fourth-order valence-electron chi connectivity index (χ4n) is 3.48. The Labute approximate surface area is 230 Å². The van der Waals surface area contributed by atoms with E-state index in [1.807, 2.05) is 13.0 Å². The summed E-state index contributed by atoms with van der Waals surface area (Å²) < 4.78 is 25.5. The monoisotopic (exact) mass is 633 g/mol. The maximum Gasteiger partial charge on any atom is 0.269 e. The maximum absolute atomic E-state index is 13.2. The Morgan fingerprint density at radius 2 is 1.86 bits per heavy atom. The van der Waals surface area contributed by atoms with Gasteiger partial charge in [-0.3, -0.25) is 19.8 Å². The van der Waals surface area contributed by atoms with Gasteiger partial charge in [0.05, 0.1) is 26.2 Å². The van der Waals surface area contributed by atoms with Crippen molar-refractivity contribution in [2.75, 3.05) is 13.7 Å². The van der Waals surface area contributed by atoms with Gasteiger partial charge in [0.15, 0.2) is 16.7 Å². The molecular weight excluding hydrogens is 612 g/mol. The number of methoxy groups -OCH3 is 1. The van der Waals surface area contributed by atoms with Crippen LogP contribution in [0.5, 0.6) is 11.5 Å². The average molecular weight is 633 g/mol. The molecule has 190 valence electrons. The number of aliphatic imine (C=N–C) groups is 1. The summed E-state index contributed by atoms with van der Waals surface area (Å²) in [5, 5.41) is 11.4. The molecule has 0 aromatic heterocycles. The quantitative estimate of drug-likeness (QED) is 0.121. The minimum absolute atomic E-state index is 0.0140. The molecule has 1 fully saturated rings. The van der Waals surface area contributed by atoms with Gasteiger partial charge in [-0.05, 0) is 107 Å². The van der Waals surface area contributed by atoms with E-state index in [1.54, 1.807) is 41.3 Å². The second kappa shape index (κ2) is 11.7. The van der Waals surface area contributed by atoms with E-state index >= 15 is 0 Å². The first kappa shape index (κ1) is 26.6. The molecule has 1 aliphatic heterocycles. The third-order valence-corrected chi connectivity index (χ3v) is 7.14. The summed E-state index contributed by atoms with van der Waals surface area (Å²) >= 11 is 3.39. The summed E-state index contributed by atoms with van der Waals surface area (Å²) in [6, 6.07) is 15.6. The molecule has 0 radical (unpaired) electrons. The molecule has 1 aliphatic rings. The average Bonchev–Trinajstić information content (AvgIpc) is 3.17. The molecule has 0 aliphatic carbocycles. The highest BCUT2D eigenvalue weighted by molar-refractivity contribution is 14.1. The molecule has 1 amide bonds. The lowest BCUT2D eigenvalue weighted by Crippen LogP contribution is -2.28.